The molecule has 0 fully saturated rings. The van der Waals surface area contributed by atoms with Gasteiger partial charge < -0.3 is 16.3 Å². The van der Waals surface area contributed by atoms with Crippen molar-refractivity contribution in [3.8, 4) is 0 Å². The Balaban J connectivity index is -0.000000425. The zero-order chi connectivity index (χ0) is 16.6. The van der Waals surface area contributed by atoms with E-state index in [4.69, 9.17) is 5.73 Å². The molecule has 1 aromatic rings. The lowest BCUT2D eigenvalue weighted by Gasteiger charge is -2.00. The Morgan fingerprint density at radius 1 is 1.10 bits per heavy atom. The van der Waals surface area contributed by atoms with Gasteiger partial charge in [-0.3, -0.25) is 9.78 Å². The summed E-state index contributed by atoms with van der Waals surface area (Å²) in [6.45, 7) is 9.53. The van der Waals surface area contributed by atoms with Crippen LogP contribution < -0.4 is 11.5 Å². The minimum absolute atomic E-state index is 0.120. The van der Waals surface area contributed by atoms with Gasteiger partial charge in [0, 0.05) is 18.8 Å². The van der Waals surface area contributed by atoms with Gasteiger partial charge in [-0.05, 0) is 32.0 Å². The van der Waals surface area contributed by atoms with Crippen molar-refractivity contribution in [2.24, 2.45) is 11.5 Å². The Labute approximate surface area is 122 Å². The van der Waals surface area contributed by atoms with E-state index >= 15 is 0 Å². The third-order valence-corrected chi connectivity index (χ3v) is 1.85. The highest BCUT2D eigenvalue weighted by molar-refractivity contribution is 5.92. The van der Waals surface area contributed by atoms with Gasteiger partial charge in [0.2, 0.25) is 5.91 Å². The molecule has 1 aromatic heterocycles. The fraction of sp³-hybridized carbons (Fsp3) is 0.533. The third kappa shape index (κ3) is 12.7. The number of pyridine rings is 1. The van der Waals surface area contributed by atoms with E-state index in [0.29, 0.717) is 18.4 Å². The van der Waals surface area contributed by atoms with Crippen LogP contribution >= 0.6 is 0 Å². The Hall–Kier alpha value is -1.75. The second kappa shape index (κ2) is 17.2. The van der Waals surface area contributed by atoms with Crippen molar-refractivity contribution in [3.05, 3.63) is 29.6 Å². The number of ketones is 1. The summed E-state index contributed by atoms with van der Waals surface area (Å²) >= 11 is 0. The summed E-state index contributed by atoms with van der Waals surface area (Å²) in [5.74, 6) is -0.378. The van der Waals surface area contributed by atoms with Crippen molar-refractivity contribution in [3.63, 3.8) is 0 Å². The van der Waals surface area contributed by atoms with Crippen LogP contribution in [0, 0.1) is 0 Å². The normalized spacial score (nSPS) is 7.75. The Morgan fingerprint density at radius 3 is 2.00 bits per heavy atom. The molecule has 4 N–H and O–H groups in total. The molecule has 1 heterocycles. The number of Topliss-reactive ketones (excluding diaryl/α,β-unsaturated/α-hetero) is 1. The number of aromatic nitrogens is 1. The molecule has 1 rings (SSSR count). The molecule has 116 valence electrons. The van der Waals surface area contributed by atoms with Crippen LogP contribution in [0.25, 0.3) is 0 Å². The van der Waals surface area contributed by atoms with E-state index in [1.165, 1.54) is 20.2 Å². The molecule has 0 aliphatic rings. The average Bonchev–Trinajstić information content (AvgIpc) is 2.51. The molecule has 0 aliphatic heterocycles. The number of hydrogen-bond donors (Lipinski definition) is 2. The topological polar surface area (TPSA) is 99.1 Å². The minimum atomic E-state index is -0.498. The van der Waals surface area contributed by atoms with E-state index in [2.05, 4.69) is 10.7 Å². The molecule has 0 unspecified atom stereocenters. The maximum absolute atomic E-state index is 10.8. The molecule has 0 spiro atoms. The van der Waals surface area contributed by atoms with Gasteiger partial charge in [0.15, 0.2) is 0 Å². The van der Waals surface area contributed by atoms with Crippen LogP contribution in [0.2, 0.25) is 0 Å². The summed E-state index contributed by atoms with van der Waals surface area (Å²) in [6, 6.07) is 1.66. The molecule has 0 aliphatic carbocycles. The van der Waals surface area contributed by atoms with Crippen LogP contribution in [0.1, 0.15) is 57.0 Å². The summed E-state index contributed by atoms with van der Waals surface area (Å²) in [7, 11) is 1.50. The quantitative estimate of drug-likeness (QED) is 0.885. The van der Waals surface area contributed by atoms with Gasteiger partial charge in [-0.15, -0.1) is 0 Å². The fourth-order valence-corrected chi connectivity index (χ4v) is 1.08. The van der Waals surface area contributed by atoms with E-state index < -0.39 is 5.91 Å². The van der Waals surface area contributed by atoms with Gasteiger partial charge in [0.25, 0.3) is 0 Å². The largest absolute Gasteiger partial charge is 0.366 e. The summed E-state index contributed by atoms with van der Waals surface area (Å²) in [5, 5.41) is 0. The van der Waals surface area contributed by atoms with Crippen LogP contribution in [0.15, 0.2) is 18.5 Å². The summed E-state index contributed by atoms with van der Waals surface area (Å²) in [4.78, 5) is 25.4. The van der Waals surface area contributed by atoms with Crippen LogP contribution in [-0.4, -0.2) is 23.7 Å². The number of nitrogens with two attached hydrogens (primary N) is 2. The Kier molecular flexibility index (Phi) is 20.1. The Bertz CT molecular complexity index is 366. The summed E-state index contributed by atoms with van der Waals surface area (Å²) in [5.41, 5.74) is 10.8. The molecule has 0 saturated carbocycles. The number of nitrogens with zero attached hydrogens (tertiary/aromatic N) is 1. The second-order valence-corrected chi connectivity index (χ2v) is 3.15. The molecule has 0 atom stereocenters. The lowest BCUT2D eigenvalue weighted by Crippen LogP contribution is -2.11. The first kappa shape index (κ1) is 23.4. The summed E-state index contributed by atoms with van der Waals surface area (Å²) < 4.78 is 0. The average molecular weight is 283 g/mol. The molecule has 1 amide bonds. The van der Waals surface area contributed by atoms with Crippen LogP contribution in [0.5, 0.6) is 0 Å². The van der Waals surface area contributed by atoms with Gasteiger partial charge in [0.1, 0.15) is 5.78 Å². The number of hydrogen-bond acceptors (Lipinski definition) is 4. The predicted octanol–water partition coefficient (Wildman–Crippen LogP) is 2.33. The second-order valence-electron chi connectivity index (χ2n) is 3.15. The van der Waals surface area contributed by atoms with Crippen molar-refractivity contribution in [2.45, 2.75) is 47.5 Å². The molecule has 0 bridgehead atoms. The van der Waals surface area contributed by atoms with Gasteiger partial charge in [-0.2, -0.15) is 0 Å². The first-order valence-corrected chi connectivity index (χ1v) is 6.90. The molecule has 5 heteroatoms. The minimum Gasteiger partial charge on any atom is -0.366 e. The molecule has 0 saturated heterocycles. The maximum Gasteiger partial charge on any atom is 0.250 e. The monoisotopic (exact) mass is 283 g/mol. The fourth-order valence-electron chi connectivity index (χ4n) is 1.08. The zero-order valence-electron chi connectivity index (χ0n) is 13.6. The molecule has 0 aromatic carbocycles. The molecule has 0 radical (unpaired) electrons. The van der Waals surface area contributed by atoms with Crippen molar-refractivity contribution < 1.29 is 9.59 Å². The predicted molar refractivity (Wildman–Crippen MR) is 84.6 cm³/mol. The van der Waals surface area contributed by atoms with Crippen molar-refractivity contribution >= 4 is 11.7 Å². The van der Waals surface area contributed by atoms with Gasteiger partial charge >= 0.3 is 0 Å². The highest BCUT2D eigenvalue weighted by atomic mass is 16.1. The van der Waals surface area contributed by atoms with E-state index in [1.54, 1.807) is 12.3 Å². The smallest absolute Gasteiger partial charge is 0.250 e. The standard InChI is InChI=1S/C10H12N2O2.2C2H6.CH5N/c1-7(13)2-3-8-4-9(10(11)14)6-12-5-8;3*1-2/h4-6H,2-3H2,1H3,(H2,11,14);2*1-2H3;2H2,1H3. The van der Waals surface area contributed by atoms with E-state index in [-0.39, 0.29) is 5.78 Å². The lowest BCUT2D eigenvalue weighted by molar-refractivity contribution is -0.116. The SMILES string of the molecule is CC.CC.CC(=O)CCc1cncc(C(N)=O)c1.CN. The number of primary amides is 1. The number of aryl methyl sites for hydroxylation is 1. The van der Waals surface area contributed by atoms with Gasteiger partial charge in [0.05, 0.1) is 5.56 Å². The van der Waals surface area contributed by atoms with E-state index in [1.807, 2.05) is 27.7 Å². The summed E-state index contributed by atoms with van der Waals surface area (Å²) in [6.07, 6.45) is 4.11. The number of carbonyl (C=O) groups is 2. The molecule has 20 heavy (non-hydrogen) atoms. The van der Waals surface area contributed by atoms with E-state index in [0.717, 1.165) is 5.56 Å². The van der Waals surface area contributed by atoms with Gasteiger partial charge in [-0.1, -0.05) is 27.7 Å². The number of carbonyl (C=O) groups excluding carboxylic acids is 2. The van der Waals surface area contributed by atoms with Gasteiger partial charge in [-0.25, -0.2) is 0 Å². The Morgan fingerprint density at radius 2 is 1.60 bits per heavy atom. The van der Waals surface area contributed by atoms with Crippen molar-refractivity contribution in [1.29, 1.82) is 0 Å². The first-order valence-electron chi connectivity index (χ1n) is 6.90. The van der Waals surface area contributed by atoms with Crippen molar-refractivity contribution in [2.75, 3.05) is 7.05 Å². The van der Waals surface area contributed by atoms with Crippen molar-refractivity contribution in [1.82, 2.24) is 4.98 Å². The highest BCUT2D eigenvalue weighted by Gasteiger charge is 2.02. The zero-order valence-corrected chi connectivity index (χ0v) is 13.6. The highest BCUT2D eigenvalue weighted by Crippen LogP contribution is 2.05. The molecular formula is C15H29N3O2. The lowest BCUT2D eigenvalue weighted by atomic mass is 10.1. The maximum atomic E-state index is 10.8. The third-order valence-electron chi connectivity index (χ3n) is 1.85. The molecular weight excluding hydrogens is 254 g/mol. The van der Waals surface area contributed by atoms with Crippen LogP contribution in [-0.2, 0) is 11.2 Å². The molecule has 5 nitrogen and oxygen atoms in total. The van der Waals surface area contributed by atoms with Crippen LogP contribution in [0.4, 0.5) is 0 Å². The number of rotatable bonds is 4. The van der Waals surface area contributed by atoms with Crippen LogP contribution in [0.3, 0.4) is 0 Å². The first-order chi connectivity index (χ1) is 9.59. The number of amides is 1. The van der Waals surface area contributed by atoms with E-state index in [9.17, 15) is 9.59 Å².